The molecule has 0 atom stereocenters. The third-order valence-corrected chi connectivity index (χ3v) is 2.66. The minimum atomic E-state index is -0.505. The summed E-state index contributed by atoms with van der Waals surface area (Å²) >= 11 is 0. The number of nitrogens with one attached hydrogen (secondary N) is 1. The highest BCUT2D eigenvalue weighted by Gasteiger charge is 2.06. The third kappa shape index (κ3) is 6.61. The first-order valence-corrected chi connectivity index (χ1v) is 6.73. The molecule has 0 saturated heterocycles. The second-order valence-electron chi connectivity index (χ2n) is 4.74. The van der Waals surface area contributed by atoms with Crippen molar-refractivity contribution in [3.05, 3.63) is 41.5 Å². The van der Waals surface area contributed by atoms with Crippen LogP contribution in [-0.4, -0.2) is 32.1 Å². The number of para-hydroxylation sites is 1. The van der Waals surface area contributed by atoms with Gasteiger partial charge in [-0.1, -0.05) is 23.8 Å². The van der Waals surface area contributed by atoms with E-state index in [0.717, 1.165) is 16.9 Å². The summed E-state index contributed by atoms with van der Waals surface area (Å²) in [6, 6.07) is 7.63. The second-order valence-corrected chi connectivity index (χ2v) is 4.74. The Bertz CT molecular complexity index is 519. The largest absolute Gasteiger partial charge is 0.496 e. The SMILES string of the molecule is COc1ccccc1CCNC(=O)COC(=O)C=C(C)C. The van der Waals surface area contributed by atoms with Gasteiger partial charge in [0.05, 0.1) is 7.11 Å². The van der Waals surface area contributed by atoms with E-state index in [9.17, 15) is 9.59 Å². The summed E-state index contributed by atoms with van der Waals surface area (Å²) in [6.07, 6.45) is 2.00. The number of amides is 1. The standard InChI is InChI=1S/C16H21NO4/c1-12(2)10-16(19)21-11-15(18)17-9-8-13-6-4-5-7-14(13)20-3/h4-7,10H,8-9,11H2,1-3H3,(H,17,18). The van der Waals surface area contributed by atoms with Crippen LogP contribution in [0.1, 0.15) is 19.4 Å². The van der Waals surface area contributed by atoms with Crippen LogP contribution >= 0.6 is 0 Å². The van der Waals surface area contributed by atoms with Gasteiger partial charge in [-0.3, -0.25) is 4.79 Å². The minimum absolute atomic E-state index is 0.269. The van der Waals surface area contributed by atoms with Gasteiger partial charge in [-0.15, -0.1) is 0 Å². The van der Waals surface area contributed by atoms with Gasteiger partial charge in [0.1, 0.15) is 5.75 Å². The van der Waals surface area contributed by atoms with Crippen molar-refractivity contribution < 1.29 is 19.1 Å². The Morgan fingerprint density at radius 2 is 1.95 bits per heavy atom. The highest BCUT2D eigenvalue weighted by Crippen LogP contribution is 2.17. The Morgan fingerprint density at radius 3 is 2.62 bits per heavy atom. The van der Waals surface area contributed by atoms with Crippen LogP contribution in [0.25, 0.3) is 0 Å². The molecule has 0 aliphatic carbocycles. The van der Waals surface area contributed by atoms with Crippen molar-refractivity contribution in [1.29, 1.82) is 0 Å². The van der Waals surface area contributed by atoms with Crippen LogP contribution in [0.15, 0.2) is 35.9 Å². The quantitative estimate of drug-likeness (QED) is 0.615. The average Bonchev–Trinajstić information content (AvgIpc) is 2.45. The number of ether oxygens (including phenoxy) is 2. The van der Waals surface area contributed by atoms with E-state index in [1.807, 2.05) is 24.3 Å². The van der Waals surface area contributed by atoms with Crippen molar-refractivity contribution in [3.8, 4) is 5.75 Å². The lowest BCUT2D eigenvalue weighted by molar-refractivity contribution is -0.143. The maximum absolute atomic E-state index is 11.5. The van der Waals surface area contributed by atoms with E-state index in [2.05, 4.69) is 5.32 Å². The van der Waals surface area contributed by atoms with E-state index in [1.165, 1.54) is 6.08 Å². The topological polar surface area (TPSA) is 64.6 Å². The second kappa shape index (κ2) is 8.79. The summed E-state index contributed by atoms with van der Waals surface area (Å²) in [5.41, 5.74) is 1.85. The molecule has 0 spiro atoms. The molecule has 1 aromatic carbocycles. The maximum Gasteiger partial charge on any atom is 0.331 e. The van der Waals surface area contributed by atoms with Gasteiger partial charge in [0.25, 0.3) is 5.91 Å². The van der Waals surface area contributed by atoms with Crippen molar-refractivity contribution in [2.75, 3.05) is 20.3 Å². The van der Waals surface area contributed by atoms with Crippen molar-refractivity contribution in [2.45, 2.75) is 20.3 Å². The van der Waals surface area contributed by atoms with Gasteiger partial charge in [0.15, 0.2) is 6.61 Å². The molecule has 5 nitrogen and oxygen atoms in total. The minimum Gasteiger partial charge on any atom is -0.496 e. The third-order valence-electron chi connectivity index (χ3n) is 2.66. The normalized spacial score (nSPS) is 9.67. The van der Waals surface area contributed by atoms with Gasteiger partial charge in [-0.2, -0.15) is 0 Å². The smallest absolute Gasteiger partial charge is 0.331 e. The molecule has 1 N–H and O–H groups in total. The Labute approximate surface area is 124 Å². The van der Waals surface area contributed by atoms with E-state index in [0.29, 0.717) is 13.0 Å². The van der Waals surface area contributed by atoms with Gasteiger partial charge < -0.3 is 14.8 Å². The zero-order chi connectivity index (χ0) is 15.7. The van der Waals surface area contributed by atoms with Crippen LogP contribution in [0, 0.1) is 0 Å². The number of methoxy groups -OCH3 is 1. The Balaban J connectivity index is 2.31. The molecular formula is C16H21NO4. The van der Waals surface area contributed by atoms with Crippen LogP contribution in [-0.2, 0) is 20.7 Å². The predicted molar refractivity (Wildman–Crippen MR) is 80.1 cm³/mol. The van der Waals surface area contributed by atoms with Crippen molar-refractivity contribution in [2.24, 2.45) is 0 Å². The summed E-state index contributed by atoms with van der Waals surface area (Å²) in [7, 11) is 1.61. The summed E-state index contributed by atoms with van der Waals surface area (Å²) in [5, 5.41) is 2.70. The number of allylic oxidation sites excluding steroid dienone is 1. The number of rotatable bonds is 7. The number of hydrogen-bond acceptors (Lipinski definition) is 4. The molecule has 0 heterocycles. The molecule has 1 amide bonds. The number of hydrogen-bond donors (Lipinski definition) is 1. The van der Waals surface area contributed by atoms with E-state index in [-0.39, 0.29) is 12.5 Å². The molecular weight excluding hydrogens is 270 g/mol. The lowest BCUT2D eigenvalue weighted by Gasteiger charge is -2.09. The molecule has 0 unspecified atom stereocenters. The van der Waals surface area contributed by atoms with Crippen LogP contribution in [0.3, 0.4) is 0 Å². The lowest BCUT2D eigenvalue weighted by Crippen LogP contribution is -2.30. The first kappa shape index (κ1) is 16.8. The molecule has 1 aromatic rings. The molecule has 0 aliphatic heterocycles. The molecule has 0 radical (unpaired) electrons. The van der Waals surface area contributed by atoms with Crippen LogP contribution in [0.2, 0.25) is 0 Å². The zero-order valence-electron chi connectivity index (χ0n) is 12.6. The van der Waals surface area contributed by atoms with E-state index < -0.39 is 5.97 Å². The van der Waals surface area contributed by atoms with Gasteiger partial charge in [-0.05, 0) is 31.9 Å². The van der Waals surface area contributed by atoms with Crippen LogP contribution in [0.4, 0.5) is 0 Å². The lowest BCUT2D eigenvalue weighted by atomic mass is 10.1. The van der Waals surface area contributed by atoms with Gasteiger partial charge in [0.2, 0.25) is 0 Å². The first-order chi connectivity index (χ1) is 10.0. The number of benzene rings is 1. The fourth-order valence-corrected chi connectivity index (χ4v) is 1.71. The number of esters is 1. The molecule has 21 heavy (non-hydrogen) atoms. The highest BCUT2D eigenvalue weighted by molar-refractivity contribution is 5.86. The van der Waals surface area contributed by atoms with Crippen LogP contribution < -0.4 is 10.1 Å². The molecule has 0 fully saturated rings. The fourth-order valence-electron chi connectivity index (χ4n) is 1.71. The maximum atomic E-state index is 11.5. The molecule has 114 valence electrons. The first-order valence-electron chi connectivity index (χ1n) is 6.73. The van der Waals surface area contributed by atoms with Gasteiger partial charge in [-0.25, -0.2) is 4.79 Å². The zero-order valence-corrected chi connectivity index (χ0v) is 12.6. The van der Waals surface area contributed by atoms with E-state index in [4.69, 9.17) is 9.47 Å². The Hall–Kier alpha value is -2.30. The predicted octanol–water partition coefficient (Wildman–Crippen LogP) is 1.86. The van der Waals surface area contributed by atoms with E-state index >= 15 is 0 Å². The van der Waals surface area contributed by atoms with Crippen molar-refractivity contribution in [1.82, 2.24) is 5.32 Å². The molecule has 0 saturated carbocycles. The van der Waals surface area contributed by atoms with E-state index in [1.54, 1.807) is 21.0 Å². The average molecular weight is 291 g/mol. The summed E-state index contributed by atoms with van der Waals surface area (Å²) < 4.78 is 10.0. The fraction of sp³-hybridized carbons (Fsp3) is 0.375. The van der Waals surface area contributed by atoms with Crippen molar-refractivity contribution >= 4 is 11.9 Å². The summed E-state index contributed by atoms with van der Waals surface area (Å²) in [6.45, 7) is 3.76. The molecule has 1 rings (SSSR count). The molecule has 0 aliphatic rings. The molecule has 5 heteroatoms. The monoisotopic (exact) mass is 291 g/mol. The molecule has 0 bridgehead atoms. The van der Waals surface area contributed by atoms with Gasteiger partial charge in [0, 0.05) is 12.6 Å². The van der Waals surface area contributed by atoms with Gasteiger partial charge >= 0.3 is 5.97 Å². The highest BCUT2D eigenvalue weighted by atomic mass is 16.5. The van der Waals surface area contributed by atoms with Crippen LogP contribution in [0.5, 0.6) is 5.75 Å². The Morgan fingerprint density at radius 1 is 1.24 bits per heavy atom. The summed E-state index contributed by atoms with van der Waals surface area (Å²) in [4.78, 5) is 22.8. The summed E-state index contributed by atoms with van der Waals surface area (Å²) in [5.74, 6) is -0.0305. The molecule has 0 aromatic heterocycles. The Kier molecular flexibility index (Phi) is 7.01. The number of carbonyl (C=O) groups excluding carboxylic acids is 2. The number of carbonyl (C=O) groups is 2. The van der Waals surface area contributed by atoms with Crippen molar-refractivity contribution in [3.63, 3.8) is 0 Å².